The quantitative estimate of drug-likeness (QED) is 0.871. The lowest BCUT2D eigenvalue weighted by Crippen LogP contribution is -2.15. The molecule has 1 fully saturated rings. The Bertz CT molecular complexity index is 350. The van der Waals surface area contributed by atoms with Crippen molar-refractivity contribution in [3.05, 3.63) is 29.8 Å². The van der Waals surface area contributed by atoms with Gasteiger partial charge >= 0.3 is 0 Å². The molecular formula is C14H22ClNO. The molecule has 0 saturated heterocycles. The maximum atomic E-state index is 6.23. The molecule has 2 nitrogen and oxygen atoms in total. The van der Waals surface area contributed by atoms with Gasteiger partial charge in [-0.15, -0.1) is 12.4 Å². The minimum Gasteiger partial charge on any atom is -0.491 e. The largest absolute Gasteiger partial charge is 0.491 e. The fourth-order valence-electron chi connectivity index (χ4n) is 1.99. The van der Waals surface area contributed by atoms with E-state index in [1.54, 1.807) is 0 Å². The van der Waals surface area contributed by atoms with Gasteiger partial charge in [-0.2, -0.15) is 0 Å². The molecule has 0 amide bonds. The van der Waals surface area contributed by atoms with E-state index in [4.69, 9.17) is 10.5 Å². The molecule has 0 radical (unpaired) electrons. The lowest BCUT2D eigenvalue weighted by Gasteiger charge is -2.18. The number of ether oxygens (including phenoxy) is 1. The van der Waals surface area contributed by atoms with Crippen LogP contribution in [-0.4, -0.2) is 6.10 Å². The Balaban J connectivity index is 0.00000144. The van der Waals surface area contributed by atoms with E-state index in [2.05, 4.69) is 6.07 Å². The van der Waals surface area contributed by atoms with Crippen molar-refractivity contribution in [1.82, 2.24) is 0 Å². The molecule has 0 spiro atoms. The third kappa shape index (κ3) is 4.21. The summed E-state index contributed by atoms with van der Waals surface area (Å²) >= 11 is 0. The SMILES string of the molecule is CC(C)Oc1ccccc1[C@@H](N)CC1CC1.Cl. The molecule has 2 N–H and O–H groups in total. The number of nitrogens with two attached hydrogens (primary N) is 1. The van der Waals surface area contributed by atoms with Gasteiger partial charge in [-0.25, -0.2) is 0 Å². The van der Waals surface area contributed by atoms with E-state index < -0.39 is 0 Å². The Morgan fingerprint density at radius 2 is 1.94 bits per heavy atom. The highest BCUT2D eigenvalue weighted by Gasteiger charge is 2.25. The zero-order chi connectivity index (χ0) is 11.5. The average molecular weight is 256 g/mol. The summed E-state index contributed by atoms with van der Waals surface area (Å²) in [4.78, 5) is 0. The molecule has 1 atom stereocenters. The van der Waals surface area contributed by atoms with Gasteiger partial charge in [-0.05, 0) is 32.3 Å². The van der Waals surface area contributed by atoms with E-state index in [0.29, 0.717) is 0 Å². The molecule has 1 aromatic carbocycles. The van der Waals surface area contributed by atoms with Crippen LogP contribution in [0, 0.1) is 5.92 Å². The first-order chi connectivity index (χ1) is 7.66. The van der Waals surface area contributed by atoms with Gasteiger partial charge in [0.05, 0.1) is 6.10 Å². The molecule has 1 aliphatic carbocycles. The molecule has 0 heterocycles. The molecular weight excluding hydrogens is 234 g/mol. The number of para-hydroxylation sites is 1. The van der Waals surface area contributed by atoms with Crippen molar-refractivity contribution in [2.45, 2.75) is 45.3 Å². The zero-order valence-corrected chi connectivity index (χ0v) is 11.4. The predicted molar refractivity (Wildman–Crippen MR) is 73.7 cm³/mol. The normalized spacial score (nSPS) is 16.5. The summed E-state index contributed by atoms with van der Waals surface area (Å²) in [6.07, 6.45) is 3.99. The molecule has 17 heavy (non-hydrogen) atoms. The first-order valence-corrected chi connectivity index (χ1v) is 6.18. The summed E-state index contributed by atoms with van der Waals surface area (Å²) in [6, 6.07) is 8.27. The Morgan fingerprint density at radius 1 is 1.29 bits per heavy atom. The number of halogens is 1. The monoisotopic (exact) mass is 255 g/mol. The maximum absolute atomic E-state index is 6.23. The average Bonchev–Trinajstić information content (AvgIpc) is 3.01. The first kappa shape index (κ1) is 14.3. The lowest BCUT2D eigenvalue weighted by molar-refractivity contribution is 0.238. The van der Waals surface area contributed by atoms with Gasteiger partial charge in [0.25, 0.3) is 0 Å². The summed E-state index contributed by atoms with van der Waals surface area (Å²) in [7, 11) is 0. The first-order valence-electron chi connectivity index (χ1n) is 6.18. The van der Waals surface area contributed by atoms with Crippen LogP contribution in [-0.2, 0) is 0 Å². The second-order valence-electron chi connectivity index (χ2n) is 4.99. The van der Waals surface area contributed by atoms with Crippen molar-refractivity contribution < 1.29 is 4.74 Å². The third-order valence-corrected chi connectivity index (χ3v) is 2.97. The fraction of sp³-hybridized carbons (Fsp3) is 0.571. The smallest absolute Gasteiger partial charge is 0.124 e. The Morgan fingerprint density at radius 3 is 2.53 bits per heavy atom. The highest BCUT2D eigenvalue weighted by molar-refractivity contribution is 5.85. The molecule has 0 unspecified atom stereocenters. The van der Waals surface area contributed by atoms with Crippen LogP contribution < -0.4 is 10.5 Å². The Kier molecular flexibility index (Phi) is 5.29. The Hall–Kier alpha value is -0.730. The Labute approximate surface area is 110 Å². The minimum absolute atomic E-state index is 0. The van der Waals surface area contributed by atoms with Crippen LogP contribution in [0.3, 0.4) is 0 Å². The topological polar surface area (TPSA) is 35.2 Å². The number of rotatable bonds is 5. The highest BCUT2D eigenvalue weighted by Crippen LogP contribution is 2.38. The lowest BCUT2D eigenvalue weighted by atomic mass is 10.0. The van der Waals surface area contributed by atoms with Gasteiger partial charge in [0.2, 0.25) is 0 Å². The second-order valence-corrected chi connectivity index (χ2v) is 4.99. The van der Waals surface area contributed by atoms with E-state index in [0.717, 1.165) is 23.7 Å². The summed E-state index contributed by atoms with van der Waals surface area (Å²) in [6.45, 7) is 4.09. The molecule has 3 heteroatoms. The standard InChI is InChI=1S/C14H21NO.ClH/c1-10(2)16-14-6-4-3-5-12(14)13(15)9-11-7-8-11;/h3-6,10-11,13H,7-9,15H2,1-2H3;1H/t13-;/m0./s1. The number of hydrogen-bond donors (Lipinski definition) is 1. The van der Waals surface area contributed by atoms with E-state index in [1.165, 1.54) is 12.8 Å². The van der Waals surface area contributed by atoms with E-state index in [9.17, 15) is 0 Å². The predicted octanol–water partition coefficient (Wildman–Crippen LogP) is 3.70. The zero-order valence-electron chi connectivity index (χ0n) is 10.6. The van der Waals surface area contributed by atoms with Gasteiger partial charge < -0.3 is 10.5 Å². The maximum Gasteiger partial charge on any atom is 0.124 e. The van der Waals surface area contributed by atoms with Crippen LogP contribution in [0.1, 0.15) is 44.7 Å². The number of hydrogen-bond acceptors (Lipinski definition) is 2. The summed E-state index contributed by atoms with van der Waals surface area (Å²) < 4.78 is 5.79. The van der Waals surface area contributed by atoms with Crippen LogP contribution in [0.15, 0.2) is 24.3 Å². The van der Waals surface area contributed by atoms with Gasteiger partial charge in [0, 0.05) is 11.6 Å². The summed E-state index contributed by atoms with van der Waals surface area (Å²) in [5.74, 6) is 1.80. The van der Waals surface area contributed by atoms with Crippen LogP contribution in [0.4, 0.5) is 0 Å². The van der Waals surface area contributed by atoms with Crippen molar-refractivity contribution in [3.63, 3.8) is 0 Å². The van der Waals surface area contributed by atoms with Gasteiger partial charge in [0.1, 0.15) is 5.75 Å². The third-order valence-electron chi connectivity index (χ3n) is 2.97. The summed E-state index contributed by atoms with van der Waals surface area (Å²) in [5, 5.41) is 0. The molecule has 1 aliphatic rings. The van der Waals surface area contributed by atoms with E-state index >= 15 is 0 Å². The van der Waals surface area contributed by atoms with Crippen LogP contribution in [0.5, 0.6) is 5.75 Å². The van der Waals surface area contributed by atoms with Crippen molar-refractivity contribution in [2.24, 2.45) is 11.7 Å². The van der Waals surface area contributed by atoms with Crippen molar-refractivity contribution in [1.29, 1.82) is 0 Å². The molecule has 0 bridgehead atoms. The van der Waals surface area contributed by atoms with E-state index in [-0.39, 0.29) is 24.6 Å². The van der Waals surface area contributed by atoms with Crippen molar-refractivity contribution in [3.8, 4) is 5.75 Å². The summed E-state index contributed by atoms with van der Waals surface area (Å²) in [5.41, 5.74) is 7.39. The van der Waals surface area contributed by atoms with Gasteiger partial charge in [-0.3, -0.25) is 0 Å². The molecule has 96 valence electrons. The van der Waals surface area contributed by atoms with Crippen molar-refractivity contribution in [2.75, 3.05) is 0 Å². The highest BCUT2D eigenvalue weighted by atomic mass is 35.5. The number of benzene rings is 1. The van der Waals surface area contributed by atoms with E-state index in [1.807, 2.05) is 32.0 Å². The van der Waals surface area contributed by atoms with Crippen LogP contribution in [0.2, 0.25) is 0 Å². The minimum atomic E-state index is 0. The second kappa shape index (κ2) is 6.27. The molecule has 0 aromatic heterocycles. The molecule has 1 saturated carbocycles. The van der Waals surface area contributed by atoms with Crippen molar-refractivity contribution >= 4 is 12.4 Å². The van der Waals surface area contributed by atoms with Gasteiger partial charge in [-0.1, -0.05) is 31.0 Å². The van der Waals surface area contributed by atoms with Crippen LogP contribution >= 0.6 is 12.4 Å². The molecule has 1 aromatic rings. The molecule has 2 rings (SSSR count). The molecule has 0 aliphatic heterocycles. The van der Waals surface area contributed by atoms with Crippen LogP contribution in [0.25, 0.3) is 0 Å². The van der Waals surface area contributed by atoms with Gasteiger partial charge in [0.15, 0.2) is 0 Å². The fourth-order valence-corrected chi connectivity index (χ4v) is 1.99.